The number of para-hydroxylation sites is 1. The van der Waals surface area contributed by atoms with Gasteiger partial charge in [0.2, 0.25) is 0 Å². The van der Waals surface area contributed by atoms with E-state index in [-0.39, 0.29) is 6.04 Å². The standard InChI is InChI=1S/C12H12N4S/c1-8(15-9-6-13-14-7-9)12-16-10-4-2-3-5-11(10)17-12/h2-8,15H,1H3,(H,13,14). The van der Waals surface area contributed by atoms with Crippen molar-refractivity contribution < 1.29 is 0 Å². The molecule has 5 heteroatoms. The molecule has 0 fully saturated rings. The number of anilines is 1. The second-order valence-electron chi connectivity index (χ2n) is 3.87. The Morgan fingerprint density at radius 1 is 1.35 bits per heavy atom. The summed E-state index contributed by atoms with van der Waals surface area (Å²) in [6, 6.07) is 8.38. The minimum Gasteiger partial charge on any atom is -0.374 e. The predicted molar refractivity (Wildman–Crippen MR) is 70.2 cm³/mol. The number of fused-ring (bicyclic) bond motifs is 1. The molecular weight excluding hydrogens is 232 g/mol. The minimum atomic E-state index is 0.185. The van der Waals surface area contributed by atoms with Crippen LogP contribution in [0.1, 0.15) is 18.0 Å². The third-order valence-electron chi connectivity index (χ3n) is 2.56. The zero-order chi connectivity index (χ0) is 11.7. The van der Waals surface area contributed by atoms with E-state index >= 15 is 0 Å². The Morgan fingerprint density at radius 2 is 2.24 bits per heavy atom. The molecule has 1 aromatic carbocycles. The molecule has 2 aromatic heterocycles. The first kappa shape index (κ1) is 10.3. The first-order valence-electron chi connectivity index (χ1n) is 5.44. The molecule has 2 heterocycles. The molecule has 2 N–H and O–H groups in total. The Bertz CT molecular complexity index is 581. The molecule has 17 heavy (non-hydrogen) atoms. The number of hydrogen-bond donors (Lipinski definition) is 2. The van der Waals surface area contributed by atoms with Crippen LogP contribution in [0.25, 0.3) is 10.2 Å². The molecule has 0 radical (unpaired) electrons. The summed E-state index contributed by atoms with van der Waals surface area (Å²) in [6.45, 7) is 2.10. The van der Waals surface area contributed by atoms with Crippen molar-refractivity contribution in [3.05, 3.63) is 41.7 Å². The molecule has 0 bridgehead atoms. The van der Waals surface area contributed by atoms with E-state index < -0.39 is 0 Å². The van der Waals surface area contributed by atoms with Crippen LogP contribution in [0.4, 0.5) is 5.69 Å². The lowest BCUT2D eigenvalue weighted by Gasteiger charge is -2.09. The summed E-state index contributed by atoms with van der Waals surface area (Å²) in [5.41, 5.74) is 2.05. The van der Waals surface area contributed by atoms with Crippen LogP contribution in [0, 0.1) is 0 Å². The number of rotatable bonds is 3. The molecule has 0 spiro atoms. The maximum absolute atomic E-state index is 4.62. The monoisotopic (exact) mass is 244 g/mol. The van der Waals surface area contributed by atoms with Gasteiger partial charge in [0, 0.05) is 6.20 Å². The van der Waals surface area contributed by atoms with Gasteiger partial charge < -0.3 is 5.32 Å². The Kier molecular flexibility index (Phi) is 2.53. The van der Waals surface area contributed by atoms with E-state index in [0.29, 0.717) is 0 Å². The number of nitrogens with one attached hydrogen (secondary N) is 2. The lowest BCUT2D eigenvalue weighted by atomic mass is 10.3. The number of nitrogens with zero attached hydrogens (tertiary/aromatic N) is 2. The highest BCUT2D eigenvalue weighted by atomic mass is 32.1. The second kappa shape index (κ2) is 4.18. The van der Waals surface area contributed by atoms with Gasteiger partial charge in [0.25, 0.3) is 0 Å². The number of thiazole rings is 1. The van der Waals surface area contributed by atoms with Crippen LogP contribution >= 0.6 is 11.3 Å². The summed E-state index contributed by atoms with van der Waals surface area (Å²) in [4.78, 5) is 4.62. The molecule has 3 aromatic rings. The van der Waals surface area contributed by atoms with E-state index in [9.17, 15) is 0 Å². The van der Waals surface area contributed by atoms with Crippen LogP contribution in [0.2, 0.25) is 0 Å². The molecule has 4 nitrogen and oxygen atoms in total. The quantitative estimate of drug-likeness (QED) is 0.744. The van der Waals surface area contributed by atoms with Gasteiger partial charge in [-0.25, -0.2) is 4.98 Å². The maximum Gasteiger partial charge on any atom is 0.116 e. The van der Waals surface area contributed by atoms with E-state index in [1.165, 1.54) is 4.70 Å². The van der Waals surface area contributed by atoms with Gasteiger partial charge in [-0.3, -0.25) is 5.10 Å². The molecule has 86 valence electrons. The van der Waals surface area contributed by atoms with Crippen LogP contribution in [0.3, 0.4) is 0 Å². The predicted octanol–water partition coefficient (Wildman–Crippen LogP) is 3.19. The van der Waals surface area contributed by atoms with Crippen LogP contribution in [-0.2, 0) is 0 Å². The van der Waals surface area contributed by atoms with Gasteiger partial charge in [0.15, 0.2) is 0 Å². The molecular formula is C12H12N4S. The lowest BCUT2D eigenvalue weighted by Crippen LogP contribution is -2.05. The van der Waals surface area contributed by atoms with Gasteiger partial charge in [0.05, 0.1) is 28.1 Å². The van der Waals surface area contributed by atoms with E-state index in [1.54, 1.807) is 17.5 Å². The number of benzene rings is 1. The minimum absolute atomic E-state index is 0.185. The molecule has 3 rings (SSSR count). The first-order chi connectivity index (χ1) is 8.33. The zero-order valence-corrected chi connectivity index (χ0v) is 10.2. The molecule has 0 aliphatic heterocycles. The van der Waals surface area contributed by atoms with Crippen molar-refractivity contribution in [2.24, 2.45) is 0 Å². The van der Waals surface area contributed by atoms with Crippen LogP contribution in [-0.4, -0.2) is 15.2 Å². The van der Waals surface area contributed by atoms with Gasteiger partial charge in [-0.1, -0.05) is 12.1 Å². The number of hydrogen-bond acceptors (Lipinski definition) is 4. The van der Waals surface area contributed by atoms with Crippen LogP contribution < -0.4 is 5.32 Å². The summed E-state index contributed by atoms with van der Waals surface area (Å²) < 4.78 is 1.23. The SMILES string of the molecule is CC(Nc1cn[nH]c1)c1nc2ccccc2s1. The van der Waals surface area contributed by atoms with Crippen molar-refractivity contribution in [1.82, 2.24) is 15.2 Å². The van der Waals surface area contributed by atoms with E-state index in [1.807, 2.05) is 24.4 Å². The summed E-state index contributed by atoms with van der Waals surface area (Å²) in [5, 5.41) is 11.1. The fraction of sp³-hybridized carbons (Fsp3) is 0.167. The molecule has 1 atom stereocenters. The average molecular weight is 244 g/mol. The van der Waals surface area contributed by atoms with Crippen molar-refractivity contribution in [2.45, 2.75) is 13.0 Å². The van der Waals surface area contributed by atoms with Crippen molar-refractivity contribution in [3.63, 3.8) is 0 Å². The molecule has 0 aliphatic carbocycles. The fourth-order valence-corrected chi connectivity index (χ4v) is 2.69. The summed E-state index contributed by atoms with van der Waals surface area (Å²) in [6.07, 6.45) is 3.60. The van der Waals surface area contributed by atoms with E-state index in [2.05, 4.69) is 33.5 Å². The Hall–Kier alpha value is -1.88. The van der Waals surface area contributed by atoms with E-state index in [4.69, 9.17) is 0 Å². The highest BCUT2D eigenvalue weighted by Crippen LogP contribution is 2.27. The second-order valence-corrected chi connectivity index (χ2v) is 4.94. The van der Waals surface area contributed by atoms with E-state index in [0.717, 1.165) is 16.2 Å². The largest absolute Gasteiger partial charge is 0.374 e. The van der Waals surface area contributed by atoms with Crippen molar-refractivity contribution >= 4 is 27.2 Å². The number of H-pyrrole nitrogens is 1. The number of aromatic nitrogens is 3. The average Bonchev–Trinajstić information content (AvgIpc) is 2.96. The smallest absolute Gasteiger partial charge is 0.116 e. The van der Waals surface area contributed by atoms with Gasteiger partial charge in [-0.2, -0.15) is 5.10 Å². The number of aromatic amines is 1. The Balaban J connectivity index is 1.88. The molecule has 1 unspecified atom stereocenters. The highest BCUT2D eigenvalue weighted by molar-refractivity contribution is 7.18. The summed E-state index contributed by atoms with van der Waals surface area (Å²) in [7, 11) is 0. The van der Waals surface area contributed by atoms with Crippen molar-refractivity contribution in [1.29, 1.82) is 0 Å². The maximum atomic E-state index is 4.62. The van der Waals surface area contributed by atoms with Crippen molar-refractivity contribution in [2.75, 3.05) is 5.32 Å². The van der Waals surface area contributed by atoms with Crippen molar-refractivity contribution in [3.8, 4) is 0 Å². The molecule has 0 amide bonds. The topological polar surface area (TPSA) is 53.6 Å². The first-order valence-corrected chi connectivity index (χ1v) is 6.25. The Labute approximate surface area is 103 Å². The summed E-state index contributed by atoms with van der Waals surface area (Å²) >= 11 is 1.72. The third kappa shape index (κ3) is 2.01. The van der Waals surface area contributed by atoms with Gasteiger partial charge >= 0.3 is 0 Å². The zero-order valence-electron chi connectivity index (χ0n) is 9.34. The molecule has 0 saturated heterocycles. The van der Waals surface area contributed by atoms with Crippen LogP contribution in [0.5, 0.6) is 0 Å². The normalized spacial score (nSPS) is 12.8. The summed E-state index contributed by atoms with van der Waals surface area (Å²) in [5.74, 6) is 0. The van der Waals surface area contributed by atoms with Crippen LogP contribution in [0.15, 0.2) is 36.7 Å². The third-order valence-corrected chi connectivity index (χ3v) is 3.78. The lowest BCUT2D eigenvalue weighted by molar-refractivity contribution is 0.874. The Morgan fingerprint density at radius 3 is 3.00 bits per heavy atom. The fourth-order valence-electron chi connectivity index (χ4n) is 1.72. The molecule has 0 aliphatic rings. The highest BCUT2D eigenvalue weighted by Gasteiger charge is 2.11. The van der Waals surface area contributed by atoms with Gasteiger partial charge in [-0.15, -0.1) is 11.3 Å². The van der Waals surface area contributed by atoms with Gasteiger partial charge in [-0.05, 0) is 19.1 Å². The van der Waals surface area contributed by atoms with Gasteiger partial charge in [0.1, 0.15) is 5.01 Å². The molecule has 0 saturated carbocycles.